The van der Waals surface area contributed by atoms with Gasteiger partial charge in [-0.3, -0.25) is 0 Å². The monoisotopic (exact) mass is 454 g/mol. The summed E-state index contributed by atoms with van der Waals surface area (Å²) in [6, 6.07) is 10.2. The summed E-state index contributed by atoms with van der Waals surface area (Å²) in [5, 5.41) is 19.9. The van der Waals surface area contributed by atoms with Crippen molar-refractivity contribution in [3.05, 3.63) is 70.3 Å². The fourth-order valence-corrected chi connectivity index (χ4v) is 3.85. The average Bonchev–Trinajstić information content (AvgIpc) is 2.78. The molecule has 0 spiro atoms. The summed E-state index contributed by atoms with van der Waals surface area (Å²) in [6.07, 6.45) is -9.76. The second kappa shape index (κ2) is 9.09. The summed E-state index contributed by atoms with van der Waals surface area (Å²) in [6.45, 7) is 3.48. The molecule has 2 aromatic rings. The largest absolute Gasteiger partial charge is 0.416 e. The van der Waals surface area contributed by atoms with Gasteiger partial charge in [0.05, 0.1) is 18.8 Å². The highest BCUT2D eigenvalue weighted by Gasteiger charge is 2.48. The number of benzene rings is 2. The molecule has 6 unspecified atom stereocenters. The number of aryl methyl sites for hydroxylation is 2. The number of hydrogen-bond acceptors (Lipinski definition) is 6. The molecule has 2 aliphatic heterocycles. The Bertz CT molecular complexity index is 932. The molecule has 0 aliphatic carbocycles. The Kier molecular flexibility index (Phi) is 6.58. The number of alkyl halides is 3. The van der Waals surface area contributed by atoms with E-state index in [-0.39, 0.29) is 6.61 Å². The molecule has 2 N–H and O–H groups in total. The molecule has 0 radical (unpaired) electrons. The number of aliphatic hydroxyl groups excluding tert-OH is 2. The van der Waals surface area contributed by atoms with Crippen molar-refractivity contribution >= 4 is 0 Å². The van der Waals surface area contributed by atoms with Crippen LogP contribution in [0.15, 0.2) is 42.5 Å². The van der Waals surface area contributed by atoms with Gasteiger partial charge in [0.15, 0.2) is 12.6 Å². The normalized spacial score (nSPS) is 29.4. The van der Waals surface area contributed by atoms with Crippen LogP contribution in [-0.4, -0.2) is 47.8 Å². The van der Waals surface area contributed by atoms with Gasteiger partial charge in [-0.05, 0) is 37.1 Å². The third-order valence-corrected chi connectivity index (χ3v) is 5.84. The number of ether oxygens (including phenoxy) is 4. The number of halogens is 3. The Morgan fingerprint density at radius 2 is 1.62 bits per heavy atom. The maximum atomic E-state index is 12.8. The summed E-state index contributed by atoms with van der Waals surface area (Å²) in [4.78, 5) is 0. The third kappa shape index (κ3) is 4.68. The first-order chi connectivity index (χ1) is 15.2. The number of hydrogen-bond donors (Lipinski definition) is 2. The van der Waals surface area contributed by atoms with Gasteiger partial charge < -0.3 is 29.2 Å². The smallest absolute Gasteiger partial charge is 0.394 e. The highest BCUT2D eigenvalue weighted by atomic mass is 19.4. The average molecular weight is 454 g/mol. The fourth-order valence-electron chi connectivity index (χ4n) is 3.85. The molecule has 2 fully saturated rings. The standard InChI is InChI=1S/C23H25F3O6/c1-12-3-4-15(9-13(12)2)22-30-18-11-29-21(32-20(18)19(31-22)17(28)10-27)14-5-7-16(8-6-14)23(24,25)26/h3-9,17-22,27-28H,10-11H2,1-2H3. The Morgan fingerprint density at radius 3 is 2.25 bits per heavy atom. The van der Waals surface area contributed by atoms with Crippen LogP contribution < -0.4 is 0 Å². The summed E-state index contributed by atoms with van der Waals surface area (Å²) < 4.78 is 62.2. The van der Waals surface area contributed by atoms with Gasteiger partial charge in [0, 0.05) is 11.1 Å². The first-order valence-corrected chi connectivity index (χ1v) is 10.3. The molecule has 4 rings (SSSR count). The van der Waals surface area contributed by atoms with Crippen LogP contribution in [0.1, 0.15) is 40.4 Å². The van der Waals surface area contributed by atoms with Crippen LogP contribution in [0.4, 0.5) is 13.2 Å². The lowest BCUT2D eigenvalue weighted by Gasteiger charge is -2.47. The van der Waals surface area contributed by atoms with E-state index < -0.39 is 55.3 Å². The lowest BCUT2D eigenvalue weighted by atomic mass is 9.99. The molecular weight excluding hydrogens is 429 g/mol. The molecule has 0 aromatic heterocycles. The first-order valence-electron chi connectivity index (χ1n) is 10.3. The molecule has 0 saturated carbocycles. The quantitative estimate of drug-likeness (QED) is 0.736. The van der Waals surface area contributed by atoms with Crippen LogP contribution >= 0.6 is 0 Å². The lowest BCUT2D eigenvalue weighted by Crippen LogP contribution is -2.58. The minimum absolute atomic E-state index is 0.0791. The fraction of sp³-hybridized carbons (Fsp3) is 0.478. The van der Waals surface area contributed by atoms with E-state index in [1.165, 1.54) is 12.1 Å². The topological polar surface area (TPSA) is 77.4 Å². The number of fused-ring (bicyclic) bond motifs is 1. The van der Waals surface area contributed by atoms with Crippen molar-refractivity contribution in [3.8, 4) is 0 Å². The van der Waals surface area contributed by atoms with E-state index in [1.807, 2.05) is 32.0 Å². The maximum absolute atomic E-state index is 12.8. The van der Waals surface area contributed by atoms with Gasteiger partial charge in [-0.15, -0.1) is 0 Å². The van der Waals surface area contributed by atoms with Crippen LogP contribution in [0.25, 0.3) is 0 Å². The molecule has 0 bridgehead atoms. The van der Waals surface area contributed by atoms with Crippen LogP contribution in [0.3, 0.4) is 0 Å². The highest BCUT2D eigenvalue weighted by Crippen LogP contribution is 2.39. The highest BCUT2D eigenvalue weighted by molar-refractivity contribution is 5.31. The Balaban J connectivity index is 1.54. The lowest BCUT2D eigenvalue weighted by molar-refractivity contribution is -0.373. The van der Waals surface area contributed by atoms with Gasteiger partial charge in [0.1, 0.15) is 24.4 Å². The molecule has 6 nitrogen and oxygen atoms in total. The van der Waals surface area contributed by atoms with E-state index in [4.69, 9.17) is 18.9 Å². The predicted octanol–water partition coefficient (Wildman–Crippen LogP) is 3.57. The molecule has 6 atom stereocenters. The Labute approximate surface area is 183 Å². The van der Waals surface area contributed by atoms with E-state index in [2.05, 4.69) is 0 Å². The summed E-state index contributed by atoms with van der Waals surface area (Å²) in [7, 11) is 0. The van der Waals surface area contributed by atoms with Crippen LogP contribution in [0, 0.1) is 13.8 Å². The number of rotatable bonds is 4. The minimum atomic E-state index is -4.44. The zero-order valence-electron chi connectivity index (χ0n) is 17.6. The van der Waals surface area contributed by atoms with Gasteiger partial charge in [0.25, 0.3) is 0 Å². The van der Waals surface area contributed by atoms with Gasteiger partial charge in [-0.1, -0.05) is 30.3 Å². The van der Waals surface area contributed by atoms with Gasteiger partial charge in [0.2, 0.25) is 0 Å². The van der Waals surface area contributed by atoms with Crippen molar-refractivity contribution in [1.29, 1.82) is 0 Å². The molecule has 32 heavy (non-hydrogen) atoms. The molecule has 2 saturated heterocycles. The SMILES string of the molecule is Cc1ccc(C2OC3COC(c4ccc(C(F)(F)F)cc4)OC3C(C(O)CO)O2)cc1C. The van der Waals surface area contributed by atoms with E-state index >= 15 is 0 Å². The van der Waals surface area contributed by atoms with Crippen LogP contribution in [-0.2, 0) is 25.1 Å². The van der Waals surface area contributed by atoms with Crippen molar-refractivity contribution in [2.75, 3.05) is 13.2 Å². The van der Waals surface area contributed by atoms with E-state index in [9.17, 15) is 23.4 Å². The molecule has 2 aliphatic rings. The molecule has 9 heteroatoms. The second-order valence-electron chi connectivity index (χ2n) is 8.09. The number of aliphatic hydroxyl groups is 2. The van der Waals surface area contributed by atoms with Crippen molar-refractivity contribution < 1.29 is 42.3 Å². The predicted molar refractivity (Wildman–Crippen MR) is 107 cm³/mol. The molecular formula is C23H25F3O6. The molecule has 2 heterocycles. The van der Waals surface area contributed by atoms with E-state index in [1.54, 1.807) is 0 Å². The third-order valence-electron chi connectivity index (χ3n) is 5.84. The van der Waals surface area contributed by atoms with Crippen LogP contribution in [0.5, 0.6) is 0 Å². The van der Waals surface area contributed by atoms with Crippen molar-refractivity contribution in [3.63, 3.8) is 0 Å². The summed E-state index contributed by atoms with van der Waals surface area (Å²) >= 11 is 0. The Morgan fingerprint density at radius 1 is 0.938 bits per heavy atom. The first kappa shape index (κ1) is 23.2. The van der Waals surface area contributed by atoms with Gasteiger partial charge in [-0.25, -0.2) is 0 Å². The summed E-state index contributed by atoms with van der Waals surface area (Å²) in [5.41, 5.74) is 2.54. The molecule has 174 valence electrons. The van der Waals surface area contributed by atoms with Crippen LogP contribution in [0.2, 0.25) is 0 Å². The van der Waals surface area contributed by atoms with Gasteiger partial charge >= 0.3 is 6.18 Å². The van der Waals surface area contributed by atoms with Crippen molar-refractivity contribution in [2.24, 2.45) is 0 Å². The zero-order valence-corrected chi connectivity index (χ0v) is 17.6. The van der Waals surface area contributed by atoms with Gasteiger partial charge in [-0.2, -0.15) is 13.2 Å². The summed E-state index contributed by atoms with van der Waals surface area (Å²) in [5.74, 6) is 0. The molecule has 0 amide bonds. The second-order valence-corrected chi connectivity index (χ2v) is 8.09. The van der Waals surface area contributed by atoms with Crippen molar-refractivity contribution in [1.82, 2.24) is 0 Å². The van der Waals surface area contributed by atoms with E-state index in [0.29, 0.717) is 5.56 Å². The van der Waals surface area contributed by atoms with Crippen molar-refractivity contribution in [2.45, 2.75) is 57.0 Å². The zero-order chi connectivity index (χ0) is 23.0. The molecule has 2 aromatic carbocycles. The minimum Gasteiger partial charge on any atom is -0.394 e. The maximum Gasteiger partial charge on any atom is 0.416 e. The Hall–Kier alpha value is -2.01. The van der Waals surface area contributed by atoms with E-state index in [0.717, 1.165) is 28.8 Å².